The molecule has 1 aromatic heterocycles. The lowest BCUT2D eigenvalue weighted by Gasteiger charge is -2.25. The molecule has 15 nitrogen and oxygen atoms in total. The number of aromatic amines is 1. The Balaban J connectivity index is 2.17. The second kappa shape index (κ2) is 16.6. The highest BCUT2D eigenvalue weighted by atomic mass is 16.4. The number of amides is 3. The van der Waals surface area contributed by atoms with Crippen molar-refractivity contribution in [1.29, 1.82) is 0 Å². The average molecular weight is 576 g/mol. The summed E-state index contributed by atoms with van der Waals surface area (Å²) in [6.45, 7) is 0.362. The monoisotopic (exact) mass is 575 g/mol. The molecule has 4 atom stereocenters. The Morgan fingerprint density at radius 1 is 0.854 bits per heavy atom. The summed E-state index contributed by atoms with van der Waals surface area (Å²) < 4.78 is 0. The van der Waals surface area contributed by atoms with Crippen LogP contribution in [0.3, 0.4) is 0 Å². The average Bonchev–Trinajstić information content (AvgIpc) is 3.44. The van der Waals surface area contributed by atoms with E-state index in [0.29, 0.717) is 30.6 Å². The smallest absolute Gasteiger partial charge is 0.326 e. The van der Waals surface area contributed by atoms with Crippen molar-refractivity contribution in [3.63, 3.8) is 0 Å². The number of rotatable bonds is 18. The second-order valence-corrected chi connectivity index (χ2v) is 9.50. The summed E-state index contributed by atoms with van der Waals surface area (Å²) in [5, 5.41) is 35.5. The van der Waals surface area contributed by atoms with Gasteiger partial charge in [0.15, 0.2) is 0 Å². The number of unbranched alkanes of at least 4 members (excludes halogenated alkanes) is 1. The van der Waals surface area contributed by atoms with Crippen LogP contribution in [0.5, 0.6) is 5.75 Å². The van der Waals surface area contributed by atoms with E-state index in [2.05, 4.69) is 25.9 Å². The highest BCUT2D eigenvalue weighted by molar-refractivity contribution is 5.94. The van der Waals surface area contributed by atoms with Crippen LogP contribution in [0.2, 0.25) is 0 Å². The van der Waals surface area contributed by atoms with Gasteiger partial charge in [0.05, 0.1) is 12.4 Å². The number of carbonyl (C=O) groups excluding carboxylic acids is 3. The number of phenols is 1. The zero-order chi connectivity index (χ0) is 30.4. The van der Waals surface area contributed by atoms with Crippen LogP contribution in [0.25, 0.3) is 0 Å². The fraction of sp³-hybridized carbons (Fsp3) is 0.462. The van der Waals surface area contributed by atoms with Crippen LogP contribution in [0.15, 0.2) is 36.8 Å². The van der Waals surface area contributed by atoms with Gasteiger partial charge in [-0.2, -0.15) is 0 Å². The van der Waals surface area contributed by atoms with E-state index in [1.807, 2.05) is 0 Å². The maximum absolute atomic E-state index is 13.3. The van der Waals surface area contributed by atoms with Gasteiger partial charge < -0.3 is 47.7 Å². The summed E-state index contributed by atoms with van der Waals surface area (Å²) >= 11 is 0. The fourth-order valence-corrected chi connectivity index (χ4v) is 3.91. The fourth-order valence-electron chi connectivity index (χ4n) is 3.91. The van der Waals surface area contributed by atoms with E-state index in [0.717, 1.165) is 0 Å². The first-order valence-corrected chi connectivity index (χ1v) is 13.1. The van der Waals surface area contributed by atoms with E-state index in [9.17, 15) is 34.2 Å². The molecule has 1 heterocycles. The molecule has 0 bridgehead atoms. The summed E-state index contributed by atoms with van der Waals surface area (Å²) in [4.78, 5) is 68.8. The lowest BCUT2D eigenvalue weighted by atomic mass is 10.0. The molecule has 0 fully saturated rings. The molecule has 11 N–H and O–H groups in total. The number of phenolic OH excluding ortho intramolecular Hbond substituents is 1. The third-order valence-corrected chi connectivity index (χ3v) is 6.18. The maximum atomic E-state index is 13.3. The lowest BCUT2D eigenvalue weighted by molar-refractivity contribution is -0.142. The van der Waals surface area contributed by atoms with Crippen molar-refractivity contribution in [2.24, 2.45) is 11.5 Å². The molecule has 0 saturated heterocycles. The van der Waals surface area contributed by atoms with Gasteiger partial charge in [-0.3, -0.25) is 19.2 Å². The van der Waals surface area contributed by atoms with Crippen molar-refractivity contribution in [3.8, 4) is 5.75 Å². The van der Waals surface area contributed by atoms with Crippen LogP contribution in [0.1, 0.15) is 43.4 Å². The zero-order valence-electron chi connectivity index (χ0n) is 22.4. The molecule has 0 aliphatic carbocycles. The van der Waals surface area contributed by atoms with E-state index in [-0.39, 0.29) is 31.4 Å². The minimum Gasteiger partial charge on any atom is -0.508 e. The number of hydrogen-bond donors (Lipinski definition) is 9. The summed E-state index contributed by atoms with van der Waals surface area (Å²) in [6.07, 6.45) is 3.15. The topological polar surface area (TPSA) is 263 Å². The number of H-pyrrole nitrogens is 1. The largest absolute Gasteiger partial charge is 0.508 e. The van der Waals surface area contributed by atoms with Gasteiger partial charge in [-0.05, 0) is 56.3 Å². The number of benzene rings is 1. The minimum atomic E-state index is -1.36. The molecule has 0 spiro atoms. The van der Waals surface area contributed by atoms with E-state index in [1.165, 1.54) is 24.7 Å². The number of carbonyl (C=O) groups is 5. The Hall–Kier alpha value is -4.50. The normalized spacial score (nSPS) is 13.8. The van der Waals surface area contributed by atoms with Crippen molar-refractivity contribution in [2.75, 3.05) is 6.54 Å². The first kappa shape index (κ1) is 32.7. The van der Waals surface area contributed by atoms with Gasteiger partial charge in [0, 0.05) is 24.7 Å². The number of aromatic hydroxyl groups is 1. The van der Waals surface area contributed by atoms with E-state index in [1.54, 1.807) is 12.1 Å². The number of aromatic nitrogens is 2. The Morgan fingerprint density at radius 2 is 1.49 bits per heavy atom. The van der Waals surface area contributed by atoms with Crippen molar-refractivity contribution in [2.45, 2.75) is 69.1 Å². The first-order chi connectivity index (χ1) is 19.5. The Morgan fingerprint density at radius 3 is 2.07 bits per heavy atom. The van der Waals surface area contributed by atoms with Gasteiger partial charge in [0.1, 0.15) is 23.9 Å². The predicted octanol–water partition coefficient (Wildman–Crippen LogP) is -1.24. The summed E-state index contributed by atoms with van der Waals surface area (Å²) in [5.74, 6) is -4.80. The van der Waals surface area contributed by atoms with Crippen molar-refractivity contribution in [3.05, 3.63) is 48.0 Å². The van der Waals surface area contributed by atoms with Gasteiger partial charge in [0.2, 0.25) is 17.7 Å². The standard InChI is InChI=1S/C26H37N7O8/c27-10-2-1-3-20(26(40)41)32-25(39)21(12-16-13-29-14-30-16)33-24(38)19(8-9-22(35)36)31-23(37)18(28)11-15-4-6-17(34)7-5-15/h4-7,13-14,18-21,34H,1-3,8-12,27-28H2,(H,29,30)(H,31,37)(H,32,39)(H,33,38)(H,35,36)(H,40,41). The number of nitrogens with two attached hydrogens (primary N) is 2. The van der Waals surface area contributed by atoms with Crippen LogP contribution >= 0.6 is 0 Å². The molecule has 0 radical (unpaired) electrons. The third-order valence-electron chi connectivity index (χ3n) is 6.18. The van der Waals surface area contributed by atoms with E-state index >= 15 is 0 Å². The summed E-state index contributed by atoms with van der Waals surface area (Å²) in [5.41, 5.74) is 12.6. The molecule has 0 saturated carbocycles. The molecule has 0 aliphatic rings. The van der Waals surface area contributed by atoms with Gasteiger partial charge >= 0.3 is 11.9 Å². The number of imidazole rings is 1. The highest BCUT2D eigenvalue weighted by Gasteiger charge is 2.31. The Labute approximate surface area is 236 Å². The molecule has 4 unspecified atom stereocenters. The van der Waals surface area contributed by atoms with E-state index < -0.39 is 60.2 Å². The van der Waals surface area contributed by atoms with Gasteiger partial charge in [0.25, 0.3) is 0 Å². The second-order valence-electron chi connectivity index (χ2n) is 9.50. The van der Waals surface area contributed by atoms with Crippen LogP contribution in [-0.2, 0) is 36.8 Å². The summed E-state index contributed by atoms with van der Waals surface area (Å²) in [7, 11) is 0. The first-order valence-electron chi connectivity index (χ1n) is 13.1. The molecule has 0 aliphatic heterocycles. The number of aliphatic carboxylic acids is 2. The van der Waals surface area contributed by atoms with Gasteiger partial charge in [-0.15, -0.1) is 0 Å². The zero-order valence-corrected chi connectivity index (χ0v) is 22.4. The molecule has 224 valence electrons. The van der Waals surface area contributed by atoms with Gasteiger partial charge in [-0.1, -0.05) is 12.1 Å². The van der Waals surface area contributed by atoms with Crippen LogP contribution < -0.4 is 27.4 Å². The minimum absolute atomic E-state index is 0.0381. The van der Waals surface area contributed by atoms with Crippen molar-refractivity contribution in [1.82, 2.24) is 25.9 Å². The third kappa shape index (κ3) is 11.6. The van der Waals surface area contributed by atoms with Crippen LogP contribution in [-0.4, -0.2) is 85.7 Å². The molecule has 1 aromatic carbocycles. The van der Waals surface area contributed by atoms with Crippen LogP contribution in [0.4, 0.5) is 0 Å². The van der Waals surface area contributed by atoms with Crippen LogP contribution in [0, 0.1) is 0 Å². The molecule has 2 aromatic rings. The molecular weight excluding hydrogens is 538 g/mol. The molecule has 41 heavy (non-hydrogen) atoms. The number of hydrogen-bond acceptors (Lipinski definition) is 9. The van der Waals surface area contributed by atoms with Crippen molar-refractivity contribution < 1.29 is 39.3 Å². The number of carboxylic acids is 2. The lowest BCUT2D eigenvalue weighted by Crippen LogP contribution is -2.57. The van der Waals surface area contributed by atoms with Crippen molar-refractivity contribution >= 4 is 29.7 Å². The Bertz CT molecular complexity index is 1160. The molecule has 2 rings (SSSR count). The molecule has 15 heteroatoms. The van der Waals surface area contributed by atoms with Gasteiger partial charge in [-0.25, -0.2) is 9.78 Å². The highest BCUT2D eigenvalue weighted by Crippen LogP contribution is 2.11. The number of nitrogens with one attached hydrogen (secondary N) is 4. The Kier molecular flexibility index (Phi) is 13.2. The predicted molar refractivity (Wildman–Crippen MR) is 145 cm³/mol. The van der Waals surface area contributed by atoms with E-state index in [4.69, 9.17) is 16.6 Å². The number of carboxylic acid groups (broad SMARTS) is 2. The molecule has 3 amide bonds. The SMILES string of the molecule is NCCCCC(NC(=O)C(Cc1cnc[nH]1)NC(=O)C(CCC(=O)O)NC(=O)C(N)Cc1ccc(O)cc1)C(=O)O. The quantitative estimate of drug-likeness (QED) is 0.0949. The maximum Gasteiger partial charge on any atom is 0.326 e. The summed E-state index contributed by atoms with van der Waals surface area (Å²) in [6, 6.07) is 1.05. The number of nitrogens with zero attached hydrogens (tertiary/aromatic N) is 1. The molecular formula is C26H37N7O8.